The van der Waals surface area contributed by atoms with Crippen molar-refractivity contribution in [1.82, 2.24) is 15.5 Å². The summed E-state index contributed by atoms with van der Waals surface area (Å²) >= 11 is 0. The van der Waals surface area contributed by atoms with E-state index in [4.69, 9.17) is 4.74 Å². The molecule has 3 atom stereocenters. The first kappa shape index (κ1) is 22.7. The molecule has 0 aromatic heterocycles. The summed E-state index contributed by atoms with van der Waals surface area (Å²) in [5.41, 5.74) is 0.855. The zero-order valence-corrected chi connectivity index (χ0v) is 18.0. The van der Waals surface area contributed by atoms with Gasteiger partial charge in [0.25, 0.3) is 0 Å². The van der Waals surface area contributed by atoms with Crippen molar-refractivity contribution in [3.05, 3.63) is 42.5 Å². The van der Waals surface area contributed by atoms with Gasteiger partial charge in [-0.15, -0.1) is 0 Å². The maximum Gasteiger partial charge on any atom is 0.247 e. The molecule has 166 valence electrons. The molecule has 3 unspecified atom stereocenters. The number of fused-ring (bicyclic) bond motifs is 2. The van der Waals surface area contributed by atoms with E-state index >= 15 is 0 Å². The molecule has 0 bridgehead atoms. The van der Waals surface area contributed by atoms with Crippen LogP contribution in [0.3, 0.4) is 0 Å². The molecule has 31 heavy (non-hydrogen) atoms. The van der Waals surface area contributed by atoms with Crippen LogP contribution in [-0.4, -0.2) is 61.6 Å². The summed E-state index contributed by atoms with van der Waals surface area (Å²) in [7, 11) is 1.70. The van der Waals surface area contributed by atoms with E-state index in [1.807, 2.05) is 49.4 Å². The molecule has 0 saturated carbocycles. The van der Waals surface area contributed by atoms with Crippen LogP contribution < -0.4 is 16.0 Å². The van der Waals surface area contributed by atoms with Crippen LogP contribution in [0.2, 0.25) is 0 Å². The van der Waals surface area contributed by atoms with Gasteiger partial charge in [-0.1, -0.05) is 36.4 Å². The number of nitrogens with zero attached hydrogens (tertiary/aromatic N) is 1. The van der Waals surface area contributed by atoms with Gasteiger partial charge in [-0.25, -0.2) is 0 Å². The highest BCUT2D eigenvalue weighted by atomic mass is 16.5. The fourth-order valence-electron chi connectivity index (χ4n) is 4.05. The van der Waals surface area contributed by atoms with Crippen molar-refractivity contribution in [2.24, 2.45) is 0 Å². The SMILES string of the molecule is CNCC(=O)NC1CCOC2CCC(C)N2C1=O.O=CNc1cccc2ccccc12. The van der Waals surface area contributed by atoms with Gasteiger partial charge in [-0.2, -0.15) is 0 Å². The number of carbonyl (C=O) groups excluding carboxylic acids is 3. The maximum atomic E-state index is 12.4. The number of carbonyl (C=O) groups is 3. The van der Waals surface area contributed by atoms with E-state index in [2.05, 4.69) is 16.0 Å². The lowest BCUT2D eigenvalue weighted by atomic mass is 10.1. The van der Waals surface area contributed by atoms with Crippen LogP contribution in [0.4, 0.5) is 5.69 Å². The minimum atomic E-state index is -0.448. The third-order valence-corrected chi connectivity index (χ3v) is 5.56. The molecule has 8 nitrogen and oxygen atoms in total. The second-order valence-electron chi connectivity index (χ2n) is 7.73. The molecule has 0 spiro atoms. The molecule has 2 fully saturated rings. The molecule has 3 amide bonds. The zero-order chi connectivity index (χ0) is 22.2. The Bertz CT molecular complexity index is 914. The fourth-order valence-corrected chi connectivity index (χ4v) is 4.05. The van der Waals surface area contributed by atoms with Gasteiger partial charge >= 0.3 is 0 Å². The highest BCUT2D eigenvalue weighted by molar-refractivity contribution is 5.97. The average Bonchev–Trinajstić information content (AvgIpc) is 3.06. The topological polar surface area (TPSA) is 99.8 Å². The van der Waals surface area contributed by atoms with Crippen LogP contribution in [0.5, 0.6) is 0 Å². The molecule has 2 aromatic carbocycles. The number of rotatable bonds is 5. The molecular formula is C23H30N4O4. The van der Waals surface area contributed by atoms with Crippen LogP contribution in [0, 0.1) is 0 Å². The van der Waals surface area contributed by atoms with Gasteiger partial charge in [0.05, 0.1) is 13.2 Å². The number of nitrogens with one attached hydrogen (secondary N) is 3. The fraction of sp³-hybridized carbons (Fsp3) is 0.435. The molecule has 4 rings (SSSR count). The monoisotopic (exact) mass is 426 g/mol. The third kappa shape index (κ3) is 5.59. The minimum Gasteiger partial charge on any atom is -0.358 e. The number of ether oxygens (including phenoxy) is 1. The van der Waals surface area contributed by atoms with Gasteiger partial charge < -0.3 is 25.6 Å². The smallest absolute Gasteiger partial charge is 0.247 e. The van der Waals surface area contributed by atoms with Crippen molar-refractivity contribution in [2.75, 3.05) is 25.5 Å². The minimum absolute atomic E-state index is 0.00745. The molecule has 2 saturated heterocycles. The van der Waals surface area contributed by atoms with E-state index in [0.29, 0.717) is 19.4 Å². The van der Waals surface area contributed by atoms with Gasteiger partial charge in [-0.05, 0) is 38.3 Å². The average molecular weight is 427 g/mol. The predicted molar refractivity (Wildman–Crippen MR) is 119 cm³/mol. The Hall–Kier alpha value is -2.97. The summed E-state index contributed by atoms with van der Waals surface area (Å²) < 4.78 is 5.68. The van der Waals surface area contributed by atoms with Gasteiger partial charge in [-0.3, -0.25) is 14.4 Å². The Morgan fingerprint density at radius 3 is 2.71 bits per heavy atom. The first-order valence-corrected chi connectivity index (χ1v) is 10.6. The molecule has 2 aliphatic heterocycles. The number of anilines is 1. The van der Waals surface area contributed by atoms with E-state index in [0.717, 1.165) is 29.3 Å². The largest absolute Gasteiger partial charge is 0.358 e. The Morgan fingerprint density at radius 2 is 1.94 bits per heavy atom. The maximum absolute atomic E-state index is 12.4. The standard InChI is InChI=1S/C12H21N3O3.C11H9NO/c1-8-3-4-11-15(8)12(17)9(5-6-18-11)14-10(16)7-13-2;13-8-12-11-7-3-5-9-4-1-2-6-10(9)11/h8-9,11,13H,3-7H2,1-2H3,(H,14,16);1-8H,(H,12,13). The lowest BCUT2D eigenvalue weighted by Gasteiger charge is -2.28. The summed E-state index contributed by atoms with van der Waals surface area (Å²) in [5, 5.41) is 10.4. The second-order valence-corrected chi connectivity index (χ2v) is 7.73. The second kappa shape index (κ2) is 10.9. The van der Waals surface area contributed by atoms with E-state index < -0.39 is 6.04 Å². The predicted octanol–water partition coefficient (Wildman–Crippen LogP) is 1.86. The molecular weight excluding hydrogens is 396 g/mol. The van der Waals surface area contributed by atoms with E-state index in [1.54, 1.807) is 11.9 Å². The van der Waals surface area contributed by atoms with Gasteiger partial charge in [0.15, 0.2) is 0 Å². The van der Waals surface area contributed by atoms with Crippen LogP contribution in [0.15, 0.2) is 42.5 Å². The Kier molecular flexibility index (Phi) is 7.97. The number of hydrogen-bond donors (Lipinski definition) is 3. The number of likely N-dealkylation sites (N-methyl/N-ethyl adjacent to an activating group) is 1. The van der Waals surface area contributed by atoms with Crippen LogP contribution >= 0.6 is 0 Å². The van der Waals surface area contributed by atoms with E-state index in [-0.39, 0.29) is 30.6 Å². The van der Waals surface area contributed by atoms with Crippen molar-refractivity contribution in [3.8, 4) is 0 Å². The first-order chi connectivity index (χ1) is 15.0. The summed E-state index contributed by atoms with van der Waals surface area (Å²) in [6.45, 7) is 2.77. The van der Waals surface area contributed by atoms with Crippen molar-refractivity contribution in [1.29, 1.82) is 0 Å². The number of hydrogen-bond acceptors (Lipinski definition) is 5. The van der Waals surface area contributed by atoms with Gasteiger partial charge in [0, 0.05) is 23.5 Å². The summed E-state index contributed by atoms with van der Waals surface area (Å²) in [6.07, 6.45) is 3.01. The van der Waals surface area contributed by atoms with Crippen molar-refractivity contribution < 1.29 is 19.1 Å². The van der Waals surface area contributed by atoms with E-state index in [1.165, 1.54) is 0 Å². The summed E-state index contributed by atoms with van der Waals surface area (Å²) in [6, 6.07) is 13.5. The lowest BCUT2D eigenvalue weighted by molar-refractivity contribution is -0.143. The van der Waals surface area contributed by atoms with Crippen molar-refractivity contribution >= 4 is 34.7 Å². The highest BCUT2D eigenvalue weighted by Crippen LogP contribution is 2.28. The van der Waals surface area contributed by atoms with Gasteiger partial charge in [0.1, 0.15) is 12.3 Å². The Labute approximate surface area is 182 Å². The zero-order valence-electron chi connectivity index (χ0n) is 18.0. The van der Waals surface area contributed by atoms with Crippen LogP contribution in [0.25, 0.3) is 10.8 Å². The quantitative estimate of drug-likeness (QED) is 0.634. The normalized spacial score (nSPS) is 22.7. The highest BCUT2D eigenvalue weighted by Gasteiger charge is 2.40. The summed E-state index contributed by atoms with van der Waals surface area (Å²) in [4.78, 5) is 36.0. The molecule has 2 aromatic rings. The van der Waals surface area contributed by atoms with Crippen molar-refractivity contribution in [3.63, 3.8) is 0 Å². The van der Waals surface area contributed by atoms with Crippen molar-refractivity contribution in [2.45, 2.75) is 44.5 Å². The van der Waals surface area contributed by atoms with Gasteiger partial charge in [0.2, 0.25) is 18.2 Å². The van der Waals surface area contributed by atoms with Crippen LogP contribution in [-0.2, 0) is 19.1 Å². The number of amides is 3. The molecule has 0 aliphatic carbocycles. The molecule has 8 heteroatoms. The third-order valence-electron chi connectivity index (χ3n) is 5.56. The first-order valence-electron chi connectivity index (χ1n) is 10.6. The molecule has 2 heterocycles. The molecule has 2 aliphatic rings. The van der Waals surface area contributed by atoms with E-state index in [9.17, 15) is 14.4 Å². The van der Waals surface area contributed by atoms with Crippen LogP contribution in [0.1, 0.15) is 26.2 Å². The summed E-state index contributed by atoms with van der Waals surface area (Å²) in [5.74, 6) is -0.159. The lowest BCUT2D eigenvalue weighted by Crippen LogP contribution is -2.51. The Balaban J connectivity index is 0.000000185. The molecule has 3 N–H and O–H groups in total. The Morgan fingerprint density at radius 1 is 1.16 bits per heavy atom. The molecule has 0 radical (unpaired) electrons. The number of benzene rings is 2.